The molecule has 1 heterocycles. The number of nitrogens with zero attached hydrogens (tertiary/aromatic N) is 1. The SMILES string of the molecule is CC(=O)C1(c2ccccc2)CCN(C(=O)CCNC(=O)c2ccc3ccccc3c2)CC1. The van der Waals surface area contributed by atoms with Crippen LogP contribution in [0.5, 0.6) is 0 Å². The smallest absolute Gasteiger partial charge is 0.251 e. The van der Waals surface area contributed by atoms with Crippen molar-refractivity contribution in [2.45, 2.75) is 31.6 Å². The van der Waals surface area contributed by atoms with Crippen LogP contribution in [-0.4, -0.2) is 42.1 Å². The third-order valence-corrected chi connectivity index (χ3v) is 6.61. The molecule has 0 atom stereocenters. The molecule has 1 aliphatic rings. The first-order valence-corrected chi connectivity index (χ1v) is 11.1. The zero-order valence-corrected chi connectivity index (χ0v) is 18.3. The largest absolute Gasteiger partial charge is 0.352 e. The van der Waals surface area contributed by atoms with Gasteiger partial charge in [0.1, 0.15) is 5.78 Å². The molecule has 0 aliphatic carbocycles. The molecule has 3 aromatic carbocycles. The Labute approximate surface area is 188 Å². The van der Waals surface area contributed by atoms with Crippen molar-refractivity contribution in [1.29, 1.82) is 0 Å². The predicted molar refractivity (Wildman–Crippen MR) is 126 cm³/mol. The summed E-state index contributed by atoms with van der Waals surface area (Å²) in [6, 6.07) is 23.3. The number of likely N-dealkylation sites (tertiary alicyclic amines) is 1. The van der Waals surface area contributed by atoms with Crippen LogP contribution >= 0.6 is 0 Å². The summed E-state index contributed by atoms with van der Waals surface area (Å²) in [4.78, 5) is 39.5. The molecule has 164 valence electrons. The lowest BCUT2D eigenvalue weighted by molar-refractivity contribution is -0.135. The third-order valence-electron chi connectivity index (χ3n) is 6.61. The molecule has 1 N–H and O–H groups in total. The normalized spacial score (nSPS) is 15.3. The number of piperidine rings is 1. The molecule has 5 heteroatoms. The number of benzene rings is 3. The van der Waals surface area contributed by atoms with E-state index >= 15 is 0 Å². The summed E-state index contributed by atoms with van der Waals surface area (Å²) >= 11 is 0. The summed E-state index contributed by atoms with van der Waals surface area (Å²) in [5, 5.41) is 4.95. The molecule has 4 rings (SSSR count). The molecular formula is C27H28N2O3. The number of hydrogen-bond donors (Lipinski definition) is 1. The van der Waals surface area contributed by atoms with E-state index in [1.807, 2.05) is 71.6 Å². The second kappa shape index (κ2) is 9.35. The van der Waals surface area contributed by atoms with Gasteiger partial charge in [-0.25, -0.2) is 0 Å². The first kappa shape index (κ1) is 21.8. The number of carbonyl (C=O) groups excluding carboxylic acids is 3. The number of carbonyl (C=O) groups is 3. The van der Waals surface area contributed by atoms with Crippen LogP contribution in [0.15, 0.2) is 72.8 Å². The fourth-order valence-corrected chi connectivity index (χ4v) is 4.61. The maximum atomic E-state index is 12.7. The summed E-state index contributed by atoms with van der Waals surface area (Å²) in [5.41, 5.74) is 1.10. The summed E-state index contributed by atoms with van der Waals surface area (Å²) in [5.74, 6) is -0.0191. The zero-order valence-electron chi connectivity index (χ0n) is 18.3. The van der Waals surface area contributed by atoms with Gasteiger partial charge in [0.2, 0.25) is 5.91 Å². The Bertz CT molecular complexity index is 1130. The number of Topliss-reactive ketones (excluding diaryl/α,β-unsaturated/α-hetero) is 1. The van der Waals surface area contributed by atoms with Gasteiger partial charge in [-0.3, -0.25) is 14.4 Å². The Morgan fingerprint density at radius 2 is 1.53 bits per heavy atom. The van der Waals surface area contributed by atoms with Crippen molar-refractivity contribution in [2.24, 2.45) is 0 Å². The van der Waals surface area contributed by atoms with E-state index in [9.17, 15) is 14.4 Å². The van der Waals surface area contributed by atoms with E-state index in [1.165, 1.54) is 0 Å². The molecule has 0 radical (unpaired) electrons. The molecule has 0 saturated carbocycles. The lowest BCUT2D eigenvalue weighted by Gasteiger charge is -2.40. The van der Waals surface area contributed by atoms with Crippen LogP contribution in [-0.2, 0) is 15.0 Å². The topological polar surface area (TPSA) is 66.5 Å². The van der Waals surface area contributed by atoms with Crippen LogP contribution in [0.1, 0.15) is 42.1 Å². The van der Waals surface area contributed by atoms with Gasteiger partial charge in [0.05, 0.1) is 5.41 Å². The van der Waals surface area contributed by atoms with Crippen molar-refractivity contribution in [2.75, 3.05) is 19.6 Å². The summed E-state index contributed by atoms with van der Waals surface area (Å²) < 4.78 is 0. The van der Waals surface area contributed by atoms with Crippen LogP contribution in [0.4, 0.5) is 0 Å². The van der Waals surface area contributed by atoms with Gasteiger partial charge < -0.3 is 10.2 Å². The highest BCUT2D eigenvalue weighted by atomic mass is 16.2. The zero-order chi connectivity index (χ0) is 22.6. The van der Waals surface area contributed by atoms with Crippen LogP contribution in [0.2, 0.25) is 0 Å². The number of hydrogen-bond acceptors (Lipinski definition) is 3. The van der Waals surface area contributed by atoms with E-state index < -0.39 is 5.41 Å². The van der Waals surface area contributed by atoms with E-state index in [0.29, 0.717) is 31.5 Å². The number of amides is 2. The molecule has 1 saturated heterocycles. The van der Waals surface area contributed by atoms with Gasteiger partial charge in [-0.2, -0.15) is 0 Å². The lowest BCUT2D eigenvalue weighted by Crippen LogP contribution is -2.48. The molecule has 0 spiro atoms. The van der Waals surface area contributed by atoms with Crippen molar-refractivity contribution in [3.05, 3.63) is 83.9 Å². The molecule has 0 aromatic heterocycles. The maximum absolute atomic E-state index is 12.7. The average molecular weight is 429 g/mol. The minimum Gasteiger partial charge on any atom is -0.352 e. The fourth-order valence-electron chi connectivity index (χ4n) is 4.61. The molecule has 3 aromatic rings. The van der Waals surface area contributed by atoms with Crippen molar-refractivity contribution >= 4 is 28.4 Å². The molecule has 2 amide bonds. The molecular weight excluding hydrogens is 400 g/mol. The van der Waals surface area contributed by atoms with Gasteiger partial charge in [0.15, 0.2) is 0 Å². The van der Waals surface area contributed by atoms with Crippen LogP contribution in [0, 0.1) is 0 Å². The second-order valence-electron chi connectivity index (χ2n) is 8.45. The Balaban J connectivity index is 1.30. The molecule has 0 bridgehead atoms. The molecule has 1 fully saturated rings. The molecule has 5 nitrogen and oxygen atoms in total. The summed E-state index contributed by atoms with van der Waals surface area (Å²) in [6.45, 7) is 3.03. The third kappa shape index (κ3) is 4.42. The number of ketones is 1. The first-order valence-electron chi connectivity index (χ1n) is 11.1. The van der Waals surface area contributed by atoms with Crippen LogP contribution in [0.3, 0.4) is 0 Å². The minimum atomic E-state index is -0.512. The number of nitrogens with one attached hydrogen (secondary N) is 1. The van der Waals surface area contributed by atoms with E-state index in [0.717, 1.165) is 16.3 Å². The predicted octanol–water partition coefficient (Wildman–Crippen LogP) is 4.11. The van der Waals surface area contributed by atoms with E-state index in [2.05, 4.69) is 5.32 Å². The van der Waals surface area contributed by atoms with Gasteiger partial charge in [-0.15, -0.1) is 0 Å². The van der Waals surface area contributed by atoms with Crippen molar-refractivity contribution in [1.82, 2.24) is 10.2 Å². The number of rotatable bonds is 6. The molecule has 0 unspecified atom stereocenters. The van der Waals surface area contributed by atoms with Gasteiger partial charge in [-0.1, -0.05) is 60.7 Å². The fraction of sp³-hybridized carbons (Fsp3) is 0.296. The summed E-state index contributed by atoms with van der Waals surface area (Å²) in [7, 11) is 0. The van der Waals surface area contributed by atoms with Gasteiger partial charge in [0, 0.05) is 31.6 Å². The highest BCUT2D eigenvalue weighted by molar-refractivity contribution is 5.98. The second-order valence-corrected chi connectivity index (χ2v) is 8.45. The van der Waals surface area contributed by atoms with Crippen LogP contribution < -0.4 is 5.32 Å². The Morgan fingerprint density at radius 3 is 2.22 bits per heavy atom. The van der Waals surface area contributed by atoms with Crippen molar-refractivity contribution in [3.8, 4) is 0 Å². The maximum Gasteiger partial charge on any atom is 0.251 e. The minimum absolute atomic E-state index is 0.00836. The number of fused-ring (bicyclic) bond motifs is 1. The standard InChI is InChI=1S/C27H28N2O3/c1-20(30)27(24-9-3-2-4-10-24)14-17-29(18-15-27)25(31)13-16-28-26(32)23-12-11-21-7-5-6-8-22(21)19-23/h2-12,19H,13-18H2,1H3,(H,28,32). The van der Waals surface area contributed by atoms with E-state index in [1.54, 1.807) is 13.0 Å². The van der Waals surface area contributed by atoms with E-state index in [-0.39, 0.29) is 30.6 Å². The van der Waals surface area contributed by atoms with Crippen molar-refractivity contribution in [3.63, 3.8) is 0 Å². The highest BCUT2D eigenvalue weighted by Gasteiger charge is 2.41. The molecule has 32 heavy (non-hydrogen) atoms. The van der Waals surface area contributed by atoms with E-state index in [4.69, 9.17) is 0 Å². The highest BCUT2D eigenvalue weighted by Crippen LogP contribution is 2.36. The van der Waals surface area contributed by atoms with Crippen LogP contribution in [0.25, 0.3) is 10.8 Å². The average Bonchev–Trinajstić information content (AvgIpc) is 2.84. The van der Waals surface area contributed by atoms with Gasteiger partial charge in [0.25, 0.3) is 5.91 Å². The Hall–Kier alpha value is -3.47. The van der Waals surface area contributed by atoms with Crippen molar-refractivity contribution < 1.29 is 14.4 Å². The quantitative estimate of drug-likeness (QED) is 0.643. The molecule has 1 aliphatic heterocycles. The Morgan fingerprint density at radius 1 is 0.875 bits per heavy atom. The summed E-state index contributed by atoms with van der Waals surface area (Å²) in [6.07, 6.45) is 1.50. The van der Waals surface area contributed by atoms with Gasteiger partial charge in [-0.05, 0) is 48.2 Å². The lowest BCUT2D eigenvalue weighted by atomic mass is 9.70. The Kier molecular flexibility index (Phi) is 6.35. The van der Waals surface area contributed by atoms with Gasteiger partial charge >= 0.3 is 0 Å². The first-order chi connectivity index (χ1) is 15.5. The monoisotopic (exact) mass is 428 g/mol.